The number of Topliss-reactive ketones (excluding diaryl/α,β-unsaturated/α-hetero) is 1. The van der Waals surface area contributed by atoms with Gasteiger partial charge in [0.1, 0.15) is 0 Å². The minimum Gasteiger partial charge on any atom is -0.480 e. The molecule has 2 atom stereocenters. The second-order valence-corrected chi connectivity index (χ2v) is 3.23. The van der Waals surface area contributed by atoms with Gasteiger partial charge in [-0.15, -0.1) is 11.6 Å². The smallest absolute Gasteiger partial charge is 0.329 e. The van der Waals surface area contributed by atoms with E-state index in [2.05, 4.69) is 0 Å². The van der Waals surface area contributed by atoms with Crippen LogP contribution in [0.25, 0.3) is 0 Å². The van der Waals surface area contributed by atoms with E-state index in [0.717, 1.165) is 6.42 Å². The van der Waals surface area contributed by atoms with Crippen LogP contribution in [0.5, 0.6) is 0 Å². The summed E-state index contributed by atoms with van der Waals surface area (Å²) in [6.45, 7) is 3.64. The SMILES string of the molecule is CCCC(C)C(=O)C(Cl)C(=O)O. The number of carbonyl (C=O) groups excluding carboxylic acids is 1. The summed E-state index contributed by atoms with van der Waals surface area (Å²) in [5, 5.41) is 7.03. The average molecular weight is 193 g/mol. The monoisotopic (exact) mass is 192 g/mol. The lowest BCUT2D eigenvalue weighted by Crippen LogP contribution is -2.29. The highest BCUT2D eigenvalue weighted by atomic mass is 35.5. The molecule has 12 heavy (non-hydrogen) atoms. The van der Waals surface area contributed by atoms with E-state index >= 15 is 0 Å². The molecule has 0 spiro atoms. The molecule has 0 aliphatic rings. The number of rotatable bonds is 5. The van der Waals surface area contributed by atoms with Crippen LogP contribution in [0.15, 0.2) is 0 Å². The molecule has 1 N–H and O–H groups in total. The Hall–Kier alpha value is -0.570. The number of ketones is 1. The lowest BCUT2D eigenvalue weighted by Gasteiger charge is -2.09. The first-order chi connectivity index (χ1) is 5.50. The molecule has 0 aromatic heterocycles. The Morgan fingerprint density at radius 2 is 2.00 bits per heavy atom. The van der Waals surface area contributed by atoms with Crippen LogP contribution in [0.3, 0.4) is 0 Å². The molecule has 3 nitrogen and oxygen atoms in total. The quantitative estimate of drug-likeness (QED) is 0.533. The van der Waals surface area contributed by atoms with Crippen molar-refractivity contribution in [1.29, 1.82) is 0 Å². The molecule has 0 bridgehead atoms. The van der Waals surface area contributed by atoms with Crippen molar-refractivity contribution in [2.75, 3.05) is 0 Å². The van der Waals surface area contributed by atoms with E-state index in [9.17, 15) is 9.59 Å². The minimum absolute atomic E-state index is 0.256. The third kappa shape index (κ3) is 3.22. The summed E-state index contributed by atoms with van der Waals surface area (Å²) in [5.74, 6) is -1.91. The van der Waals surface area contributed by atoms with Crippen LogP contribution in [-0.4, -0.2) is 22.2 Å². The van der Waals surface area contributed by atoms with Crippen molar-refractivity contribution in [3.8, 4) is 0 Å². The van der Waals surface area contributed by atoms with Gasteiger partial charge in [0.25, 0.3) is 0 Å². The maximum Gasteiger partial charge on any atom is 0.329 e. The largest absolute Gasteiger partial charge is 0.480 e. The highest BCUT2D eigenvalue weighted by molar-refractivity contribution is 6.41. The van der Waals surface area contributed by atoms with Gasteiger partial charge in [0, 0.05) is 5.92 Å². The van der Waals surface area contributed by atoms with E-state index in [-0.39, 0.29) is 5.92 Å². The lowest BCUT2D eigenvalue weighted by molar-refractivity contribution is -0.140. The maximum absolute atomic E-state index is 11.2. The number of hydrogen-bond acceptors (Lipinski definition) is 2. The summed E-state index contributed by atoms with van der Waals surface area (Å²) in [7, 11) is 0. The molecule has 2 unspecified atom stereocenters. The van der Waals surface area contributed by atoms with Crippen molar-refractivity contribution in [2.45, 2.75) is 32.1 Å². The van der Waals surface area contributed by atoms with Gasteiger partial charge in [-0.3, -0.25) is 9.59 Å². The van der Waals surface area contributed by atoms with Crippen molar-refractivity contribution in [3.63, 3.8) is 0 Å². The van der Waals surface area contributed by atoms with Gasteiger partial charge >= 0.3 is 5.97 Å². The third-order valence-electron chi connectivity index (χ3n) is 1.67. The van der Waals surface area contributed by atoms with Crippen molar-refractivity contribution >= 4 is 23.4 Å². The Bertz CT molecular complexity index is 179. The van der Waals surface area contributed by atoms with Crippen molar-refractivity contribution in [2.24, 2.45) is 5.92 Å². The van der Waals surface area contributed by atoms with Gasteiger partial charge in [0.15, 0.2) is 11.2 Å². The maximum atomic E-state index is 11.2. The van der Waals surface area contributed by atoms with Crippen LogP contribution >= 0.6 is 11.6 Å². The molecular formula is C8H13ClO3. The zero-order chi connectivity index (χ0) is 9.72. The molecule has 0 saturated carbocycles. The molecule has 0 aromatic rings. The zero-order valence-corrected chi connectivity index (χ0v) is 7.97. The Balaban J connectivity index is 4.09. The number of aliphatic carboxylic acids is 1. The molecule has 0 heterocycles. The van der Waals surface area contributed by atoms with E-state index < -0.39 is 17.1 Å². The second-order valence-electron chi connectivity index (χ2n) is 2.79. The van der Waals surface area contributed by atoms with Gasteiger partial charge in [0.2, 0.25) is 0 Å². The fourth-order valence-corrected chi connectivity index (χ4v) is 1.16. The predicted molar refractivity (Wildman–Crippen MR) is 46.4 cm³/mol. The van der Waals surface area contributed by atoms with Gasteiger partial charge in [-0.2, -0.15) is 0 Å². The van der Waals surface area contributed by atoms with Crippen LogP contribution in [0.1, 0.15) is 26.7 Å². The summed E-state index contributed by atoms with van der Waals surface area (Å²) in [4.78, 5) is 21.5. The molecule has 0 aromatic carbocycles. The summed E-state index contributed by atoms with van der Waals surface area (Å²) in [6, 6.07) is 0. The minimum atomic E-state index is -1.38. The summed E-state index contributed by atoms with van der Waals surface area (Å²) in [5.41, 5.74) is 0. The summed E-state index contributed by atoms with van der Waals surface area (Å²) in [6.07, 6.45) is 1.55. The molecule has 0 aliphatic heterocycles. The van der Waals surface area contributed by atoms with E-state index in [1.807, 2.05) is 6.92 Å². The van der Waals surface area contributed by atoms with Gasteiger partial charge in [-0.05, 0) is 6.42 Å². The third-order valence-corrected chi connectivity index (χ3v) is 2.08. The number of carbonyl (C=O) groups is 2. The number of hydrogen-bond donors (Lipinski definition) is 1. The number of alkyl halides is 1. The molecule has 0 aliphatic carbocycles. The van der Waals surface area contributed by atoms with E-state index in [0.29, 0.717) is 6.42 Å². The number of carboxylic acid groups (broad SMARTS) is 1. The van der Waals surface area contributed by atoms with E-state index in [1.54, 1.807) is 6.92 Å². The molecule has 0 rings (SSSR count). The van der Waals surface area contributed by atoms with Crippen LogP contribution in [0.4, 0.5) is 0 Å². The Morgan fingerprint density at radius 3 is 2.33 bits per heavy atom. The molecule has 70 valence electrons. The van der Waals surface area contributed by atoms with E-state index in [4.69, 9.17) is 16.7 Å². The molecule has 0 radical (unpaired) electrons. The average Bonchev–Trinajstić information content (AvgIpc) is 2.02. The molecular weight excluding hydrogens is 180 g/mol. The Kier molecular flexibility index (Phi) is 4.90. The zero-order valence-electron chi connectivity index (χ0n) is 7.21. The highest BCUT2D eigenvalue weighted by Crippen LogP contribution is 2.12. The van der Waals surface area contributed by atoms with E-state index in [1.165, 1.54) is 0 Å². The topological polar surface area (TPSA) is 54.4 Å². The molecule has 0 amide bonds. The first kappa shape index (κ1) is 11.4. The number of carboxylic acids is 1. The Labute approximate surface area is 76.7 Å². The molecule has 4 heteroatoms. The van der Waals surface area contributed by atoms with Gasteiger partial charge in [-0.25, -0.2) is 0 Å². The predicted octanol–water partition coefficient (Wildman–Crippen LogP) is 1.68. The van der Waals surface area contributed by atoms with Crippen LogP contribution < -0.4 is 0 Å². The van der Waals surface area contributed by atoms with Crippen LogP contribution in [0, 0.1) is 5.92 Å². The first-order valence-corrected chi connectivity index (χ1v) is 4.35. The van der Waals surface area contributed by atoms with Gasteiger partial charge in [0.05, 0.1) is 0 Å². The summed E-state index contributed by atoms with van der Waals surface area (Å²) >= 11 is 5.35. The lowest BCUT2D eigenvalue weighted by atomic mass is 9.99. The standard InChI is InChI=1S/C8H13ClO3/c1-3-4-5(2)7(10)6(9)8(11)12/h5-6H,3-4H2,1-2H3,(H,11,12). The van der Waals surface area contributed by atoms with Crippen LogP contribution in [0.2, 0.25) is 0 Å². The Morgan fingerprint density at radius 1 is 1.50 bits per heavy atom. The normalized spacial score (nSPS) is 15.2. The summed E-state index contributed by atoms with van der Waals surface area (Å²) < 4.78 is 0. The van der Waals surface area contributed by atoms with Gasteiger partial charge in [-0.1, -0.05) is 20.3 Å². The van der Waals surface area contributed by atoms with Crippen LogP contribution in [-0.2, 0) is 9.59 Å². The van der Waals surface area contributed by atoms with Gasteiger partial charge < -0.3 is 5.11 Å². The fraction of sp³-hybridized carbons (Fsp3) is 0.750. The number of halogens is 1. The second kappa shape index (κ2) is 5.14. The first-order valence-electron chi connectivity index (χ1n) is 3.91. The fourth-order valence-electron chi connectivity index (χ4n) is 0.947. The van der Waals surface area contributed by atoms with Crippen molar-refractivity contribution in [3.05, 3.63) is 0 Å². The van der Waals surface area contributed by atoms with Crippen molar-refractivity contribution in [1.82, 2.24) is 0 Å². The molecule has 0 saturated heterocycles. The van der Waals surface area contributed by atoms with Crippen molar-refractivity contribution < 1.29 is 14.7 Å². The molecule has 0 fully saturated rings. The highest BCUT2D eigenvalue weighted by Gasteiger charge is 2.26.